The maximum Gasteiger partial charge on any atom is 0.407 e. The van der Waals surface area contributed by atoms with E-state index in [9.17, 15) is 24.0 Å². The molecular weight excluding hydrogens is 771 g/mol. The summed E-state index contributed by atoms with van der Waals surface area (Å²) in [5, 5.41) is 2.73. The summed E-state index contributed by atoms with van der Waals surface area (Å²) in [6.07, 6.45) is -6.01. The summed E-state index contributed by atoms with van der Waals surface area (Å²) < 4.78 is 41.8. The molecule has 5 aromatic carbocycles. The van der Waals surface area contributed by atoms with E-state index in [0.717, 1.165) is 5.56 Å². The highest BCUT2D eigenvalue weighted by atomic mass is 16.7. The van der Waals surface area contributed by atoms with Gasteiger partial charge in [-0.25, -0.2) is 24.0 Å². The number of carbonyl (C=O) groups is 5. The minimum atomic E-state index is -1.52. The lowest BCUT2D eigenvalue weighted by atomic mass is 9.97. The number of rotatable bonds is 18. The first kappa shape index (κ1) is 42.8. The van der Waals surface area contributed by atoms with Gasteiger partial charge in [0.1, 0.15) is 19.3 Å². The van der Waals surface area contributed by atoms with E-state index >= 15 is 0 Å². The summed E-state index contributed by atoms with van der Waals surface area (Å²) in [6.45, 7) is 0.113. The van der Waals surface area contributed by atoms with Gasteiger partial charge in [-0.2, -0.15) is 0 Å². The Morgan fingerprint density at radius 2 is 0.933 bits per heavy atom. The number of hydrogen-bond donors (Lipinski definition) is 1. The molecule has 0 radical (unpaired) electrons. The number of amides is 1. The highest BCUT2D eigenvalue weighted by molar-refractivity contribution is 5.91. The van der Waals surface area contributed by atoms with Gasteiger partial charge in [-0.1, -0.05) is 103 Å². The van der Waals surface area contributed by atoms with Crippen LogP contribution in [0.25, 0.3) is 0 Å². The van der Waals surface area contributed by atoms with Crippen LogP contribution >= 0.6 is 0 Å². The molecule has 0 spiro atoms. The number of ether oxygens (including phenoxy) is 7. The Labute approximate surface area is 347 Å². The third-order valence-electron chi connectivity index (χ3n) is 9.32. The number of alkyl carbamates (subject to hydrolysis) is 1. The minimum absolute atomic E-state index is 0.0762. The Morgan fingerprint density at radius 3 is 1.45 bits per heavy atom. The molecule has 1 saturated heterocycles. The van der Waals surface area contributed by atoms with E-state index < -0.39 is 67.3 Å². The van der Waals surface area contributed by atoms with E-state index in [2.05, 4.69) is 5.32 Å². The zero-order valence-corrected chi connectivity index (χ0v) is 32.7. The van der Waals surface area contributed by atoms with Crippen LogP contribution in [0.15, 0.2) is 152 Å². The molecule has 1 heterocycles. The van der Waals surface area contributed by atoms with Crippen molar-refractivity contribution >= 4 is 30.0 Å². The predicted octanol–water partition coefficient (Wildman–Crippen LogP) is 7.36. The highest BCUT2D eigenvalue weighted by Gasteiger charge is 2.53. The second-order valence-electron chi connectivity index (χ2n) is 13.6. The van der Waals surface area contributed by atoms with Crippen LogP contribution in [-0.2, 0) is 39.8 Å². The third kappa shape index (κ3) is 12.6. The van der Waals surface area contributed by atoms with Crippen molar-refractivity contribution in [1.29, 1.82) is 0 Å². The molecule has 0 unspecified atom stereocenters. The van der Waals surface area contributed by atoms with Gasteiger partial charge in [0, 0.05) is 13.2 Å². The Kier molecular flexibility index (Phi) is 15.9. The number of benzene rings is 5. The Balaban J connectivity index is 1.22. The molecule has 5 atom stereocenters. The minimum Gasteiger partial charge on any atom is -0.459 e. The van der Waals surface area contributed by atoms with E-state index in [-0.39, 0.29) is 35.5 Å². The summed E-state index contributed by atoms with van der Waals surface area (Å²) in [5.41, 5.74) is 1.68. The zero-order valence-electron chi connectivity index (χ0n) is 32.7. The zero-order chi connectivity index (χ0) is 41.9. The number of esters is 4. The average molecular weight is 816 g/mol. The quantitative estimate of drug-likeness (QED) is 0.0532. The van der Waals surface area contributed by atoms with E-state index in [4.69, 9.17) is 33.2 Å². The Hall–Kier alpha value is -6.83. The third-order valence-corrected chi connectivity index (χ3v) is 9.32. The van der Waals surface area contributed by atoms with Crippen molar-refractivity contribution in [1.82, 2.24) is 5.32 Å². The lowest BCUT2D eigenvalue weighted by Gasteiger charge is -2.44. The van der Waals surface area contributed by atoms with E-state index in [1.807, 2.05) is 30.3 Å². The van der Waals surface area contributed by atoms with Crippen molar-refractivity contribution in [3.63, 3.8) is 0 Å². The van der Waals surface area contributed by atoms with Gasteiger partial charge in [0.15, 0.2) is 24.6 Å². The molecule has 1 N–H and O–H groups in total. The Bertz CT molecular complexity index is 2120. The second-order valence-corrected chi connectivity index (χ2v) is 13.6. The van der Waals surface area contributed by atoms with Crippen molar-refractivity contribution in [2.24, 2.45) is 0 Å². The SMILES string of the molecule is O=C(NCCCCCO[C@@H]1O[C@H](COC(=O)c2ccccc2)[C@@H](OC(=O)c2ccccc2)[C@H](OC(=O)c2ccccc2)[C@H]1OC(=O)c1ccccc1)OCc1ccccc1. The second kappa shape index (κ2) is 22.4. The van der Waals surface area contributed by atoms with Gasteiger partial charge in [0.25, 0.3) is 0 Å². The lowest BCUT2D eigenvalue weighted by molar-refractivity contribution is -0.298. The number of nitrogens with one attached hydrogen (secondary N) is 1. The standard InChI is InChI=1S/C47H45NO12/c49-42(34-21-9-2-10-22-34)55-32-38-39(58-43(50)35-23-11-3-12-24-35)40(59-44(51)36-25-13-4-14-26-36)41(60-45(52)37-27-15-5-16-28-37)46(57-38)54-30-18-6-17-29-48-47(53)56-31-33-19-7-1-8-20-33/h1-5,7-16,19-28,38-41,46H,6,17-18,29-32H2,(H,48,53)/t38-,39-,40+,41-,46-/m1/s1. The maximum atomic E-state index is 13.8. The van der Waals surface area contributed by atoms with Gasteiger partial charge in [0.05, 0.1) is 22.3 Å². The normalized spacial score (nSPS) is 18.3. The molecule has 1 amide bonds. The molecule has 0 saturated carbocycles. The molecule has 310 valence electrons. The van der Waals surface area contributed by atoms with Crippen LogP contribution in [0.2, 0.25) is 0 Å². The first-order valence-electron chi connectivity index (χ1n) is 19.6. The molecule has 1 aliphatic heterocycles. The lowest BCUT2D eigenvalue weighted by Crippen LogP contribution is -2.63. The van der Waals surface area contributed by atoms with Crippen LogP contribution in [-0.4, -0.2) is 80.4 Å². The number of hydrogen-bond acceptors (Lipinski definition) is 12. The molecule has 5 aromatic rings. The summed E-state index contributed by atoms with van der Waals surface area (Å²) in [4.78, 5) is 66.6. The van der Waals surface area contributed by atoms with Crippen LogP contribution in [0.1, 0.15) is 66.3 Å². The van der Waals surface area contributed by atoms with E-state index in [1.54, 1.807) is 121 Å². The van der Waals surface area contributed by atoms with Crippen molar-refractivity contribution in [3.8, 4) is 0 Å². The van der Waals surface area contributed by atoms with Crippen LogP contribution in [0.3, 0.4) is 0 Å². The van der Waals surface area contributed by atoms with Crippen LogP contribution in [0.4, 0.5) is 4.79 Å². The van der Waals surface area contributed by atoms with Gasteiger partial charge in [-0.15, -0.1) is 0 Å². The summed E-state index contributed by atoms with van der Waals surface area (Å²) >= 11 is 0. The molecule has 0 aromatic heterocycles. The Morgan fingerprint density at radius 1 is 0.483 bits per heavy atom. The summed E-state index contributed by atoms with van der Waals surface area (Å²) in [5.74, 6) is -3.07. The van der Waals surface area contributed by atoms with Crippen molar-refractivity contribution in [2.75, 3.05) is 19.8 Å². The van der Waals surface area contributed by atoms with Gasteiger partial charge in [-0.3, -0.25) is 0 Å². The van der Waals surface area contributed by atoms with Crippen LogP contribution in [0.5, 0.6) is 0 Å². The fraction of sp³-hybridized carbons (Fsp3) is 0.255. The van der Waals surface area contributed by atoms with E-state index in [0.29, 0.717) is 25.8 Å². The van der Waals surface area contributed by atoms with Crippen molar-refractivity contribution < 1.29 is 57.1 Å². The number of carbonyl (C=O) groups excluding carboxylic acids is 5. The van der Waals surface area contributed by atoms with Gasteiger partial charge in [0.2, 0.25) is 0 Å². The largest absolute Gasteiger partial charge is 0.459 e. The van der Waals surface area contributed by atoms with Gasteiger partial charge < -0.3 is 38.5 Å². The molecule has 1 fully saturated rings. The molecule has 13 heteroatoms. The fourth-order valence-electron chi connectivity index (χ4n) is 6.23. The first-order chi connectivity index (χ1) is 29.4. The molecule has 1 aliphatic rings. The smallest absolute Gasteiger partial charge is 0.407 e. The van der Waals surface area contributed by atoms with Crippen molar-refractivity contribution in [3.05, 3.63) is 179 Å². The molecule has 6 rings (SSSR count). The molecule has 60 heavy (non-hydrogen) atoms. The highest BCUT2D eigenvalue weighted by Crippen LogP contribution is 2.32. The molecule has 0 bridgehead atoms. The fourth-order valence-corrected chi connectivity index (χ4v) is 6.23. The summed E-state index contributed by atoms with van der Waals surface area (Å²) in [7, 11) is 0. The first-order valence-corrected chi connectivity index (χ1v) is 19.6. The maximum absolute atomic E-state index is 13.8. The number of unbranched alkanes of at least 4 members (excludes halogenated alkanes) is 2. The topological polar surface area (TPSA) is 162 Å². The van der Waals surface area contributed by atoms with Crippen LogP contribution < -0.4 is 5.32 Å². The average Bonchev–Trinajstić information content (AvgIpc) is 3.30. The molecule has 13 nitrogen and oxygen atoms in total. The van der Waals surface area contributed by atoms with Crippen LogP contribution in [0, 0.1) is 0 Å². The van der Waals surface area contributed by atoms with E-state index in [1.165, 1.54) is 0 Å². The molecule has 0 aliphatic carbocycles. The predicted molar refractivity (Wildman–Crippen MR) is 217 cm³/mol. The van der Waals surface area contributed by atoms with Crippen molar-refractivity contribution in [2.45, 2.75) is 56.6 Å². The van der Waals surface area contributed by atoms with Gasteiger partial charge >= 0.3 is 30.0 Å². The monoisotopic (exact) mass is 815 g/mol. The summed E-state index contributed by atoms with van der Waals surface area (Å²) in [6, 6.07) is 42.0. The molecular formula is C47H45NO12. The van der Waals surface area contributed by atoms with Gasteiger partial charge in [-0.05, 0) is 73.4 Å².